The molecule has 0 radical (unpaired) electrons. The van der Waals surface area contributed by atoms with E-state index >= 15 is 0 Å². The number of hydrogen-bond acceptors (Lipinski definition) is 4. The highest BCUT2D eigenvalue weighted by Crippen LogP contribution is 2.36. The van der Waals surface area contributed by atoms with Crippen molar-refractivity contribution in [3.63, 3.8) is 0 Å². The highest BCUT2D eigenvalue weighted by molar-refractivity contribution is 8.00. The molecule has 2 heterocycles. The van der Waals surface area contributed by atoms with E-state index in [1.807, 2.05) is 53.1 Å². The van der Waals surface area contributed by atoms with Gasteiger partial charge in [0.2, 0.25) is 0 Å². The summed E-state index contributed by atoms with van der Waals surface area (Å²) in [4.78, 5) is 18.5. The molecule has 116 valence electrons. The maximum absolute atomic E-state index is 12.8. The Hall–Kier alpha value is -1.43. The van der Waals surface area contributed by atoms with E-state index in [2.05, 4.69) is 4.98 Å². The first-order chi connectivity index (χ1) is 11.2. The number of thioether (sulfide) groups is 2. The number of rotatable bonds is 3. The topological polar surface area (TPSA) is 34.9 Å². The van der Waals surface area contributed by atoms with Gasteiger partial charge < -0.3 is 0 Å². The van der Waals surface area contributed by atoms with Crippen molar-refractivity contribution in [2.45, 2.75) is 16.1 Å². The average Bonchev–Trinajstić information content (AvgIpc) is 2.98. The highest BCUT2D eigenvalue weighted by Gasteiger charge is 2.26. The van der Waals surface area contributed by atoms with E-state index in [-0.39, 0.29) is 11.6 Å². The fourth-order valence-electron chi connectivity index (χ4n) is 2.67. The molecule has 0 bridgehead atoms. The van der Waals surface area contributed by atoms with Crippen LogP contribution >= 0.6 is 35.1 Å². The van der Waals surface area contributed by atoms with Crippen LogP contribution in [0.5, 0.6) is 0 Å². The van der Waals surface area contributed by atoms with Gasteiger partial charge in [-0.3, -0.25) is 9.36 Å². The Morgan fingerprint density at radius 3 is 2.87 bits per heavy atom. The van der Waals surface area contributed by atoms with E-state index in [4.69, 9.17) is 11.6 Å². The molecule has 0 unspecified atom stereocenters. The van der Waals surface area contributed by atoms with Crippen LogP contribution < -0.4 is 5.56 Å². The van der Waals surface area contributed by atoms with E-state index in [0.717, 1.165) is 32.1 Å². The van der Waals surface area contributed by atoms with Gasteiger partial charge in [-0.1, -0.05) is 47.6 Å². The van der Waals surface area contributed by atoms with Crippen molar-refractivity contribution < 1.29 is 0 Å². The quantitative estimate of drug-likeness (QED) is 0.509. The molecule has 0 N–H and O–H groups in total. The minimum Gasteiger partial charge on any atom is -0.282 e. The van der Waals surface area contributed by atoms with Crippen LogP contribution in [0.2, 0.25) is 5.02 Å². The summed E-state index contributed by atoms with van der Waals surface area (Å²) in [5.41, 5.74) is 0.830. The molecular formula is C17H13ClN2OS2. The van der Waals surface area contributed by atoms with E-state index < -0.39 is 0 Å². The van der Waals surface area contributed by atoms with Crippen LogP contribution in [-0.2, 0) is 0 Å². The smallest absolute Gasteiger partial charge is 0.262 e. The minimum atomic E-state index is 0.0559. The first-order valence-corrected chi connectivity index (χ1v) is 9.60. The molecule has 0 spiro atoms. The SMILES string of the molecule is O=c1c2ccccc2nc2n1[C@H](CSc1ccccc1Cl)CS2. The van der Waals surface area contributed by atoms with Crippen molar-refractivity contribution >= 4 is 46.0 Å². The number of benzene rings is 2. The molecule has 6 heteroatoms. The molecule has 1 aliphatic heterocycles. The van der Waals surface area contributed by atoms with Crippen LogP contribution in [0.1, 0.15) is 6.04 Å². The number of halogens is 1. The fourth-order valence-corrected chi connectivity index (χ4v) is 5.28. The van der Waals surface area contributed by atoms with Crippen LogP contribution in [0, 0.1) is 0 Å². The van der Waals surface area contributed by atoms with E-state index in [1.54, 1.807) is 23.5 Å². The Kier molecular flexibility index (Phi) is 4.09. The van der Waals surface area contributed by atoms with Gasteiger partial charge in [0.25, 0.3) is 5.56 Å². The summed E-state index contributed by atoms with van der Waals surface area (Å²) in [6, 6.07) is 15.5. The molecule has 0 aliphatic carbocycles. The van der Waals surface area contributed by atoms with Crippen LogP contribution in [0.4, 0.5) is 0 Å². The maximum Gasteiger partial charge on any atom is 0.262 e. The number of hydrogen-bond donors (Lipinski definition) is 0. The Bertz CT molecular complexity index is 941. The molecule has 0 saturated carbocycles. The summed E-state index contributed by atoms with van der Waals surface area (Å²) in [6.45, 7) is 0. The molecule has 1 aliphatic rings. The summed E-state index contributed by atoms with van der Waals surface area (Å²) in [6.07, 6.45) is 0. The third-order valence-corrected chi connectivity index (χ3v) is 6.57. The zero-order valence-corrected chi connectivity index (χ0v) is 14.5. The van der Waals surface area contributed by atoms with Crippen LogP contribution in [0.25, 0.3) is 10.9 Å². The van der Waals surface area contributed by atoms with Crippen molar-refractivity contribution in [1.29, 1.82) is 0 Å². The molecule has 0 amide bonds. The summed E-state index contributed by atoms with van der Waals surface area (Å²) < 4.78 is 1.84. The fraction of sp³-hybridized carbons (Fsp3) is 0.176. The number of aromatic nitrogens is 2. The standard InChI is InChI=1S/C17H13ClN2OS2/c18-13-6-2-4-8-15(13)22-9-11-10-23-17-19-14-7-3-1-5-12(14)16(21)20(11)17/h1-8,11H,9-10H2/t11-/m1/s1. The predicted octanol–water partition coefficient (Wildman–Crippen LogP) is 4.49. The van der Waals surface area contributed by atoms with Gasteiger partial charge in [0, 0.05) is 16.4 Å². The average molecular weight is 361 g/mol. The molecule has 1 atom stereocenters. The zero-order chi connectivity index (χ0) is 15.8. The Balaban J connectivity index is 1.66. The maximum atomic E-state index is 12.8. The monoisotopic (exact) mass is 360 g/mol. The highest BCUT2D eigenvalue weighted by atomic mass is 35.5. The zero-order valence-electron chi connectivity index (χ0n) is 12.1. The van der Waals surface area contributed by atoms with Crippen molar-refractivity contribution in [1.82, 2.24) is 9.55 Å². The molecule has 3 nitrogen and oxygen atoms in total. The molecule has 3 aromatic rings. The second-order valence-electron chi connectivity index (χ2n) is 5.29. The summed E-state index contributed by atoms with van der Waals surface area (Å²) in [5.74, 6) is 1.68. The van der Waals surface area contributed by atoms with Crippen LogP contribution in [0.3, 0.4) is 0 Å². The molecule has 4 rings (SSSR count). The van der Waals surface area contributed by atoms with Gasteiger partial charge in [0.05, 0.1) is 22.0 Å². The number of nitrogens with zero attached hydrogens (tertiary/aromatic N) is 2. The van der Waals surface area contributed by atoms with Gasteiger partial charge in [-0.05, 0) is 24.3 Å². The number of para-hydroxylation sites is 1. The van der Waals surface area contributed by atoms with Gasteiger partial charge in [0.15, 0.2) is 5.16 Å². The summed E-state index contributed by atoms with van der Waals surface area (Å²) >= 11 is 9.55. The van der Waals surface area contributed by atoms with Crippen molar-refractivity contribution in [3.8, 4) is 0 Å². The van der Waals surface area contributed by atoms with Gasteiger partial charge in [0.1, 0.15) is 0 Å². The second-order valence-corrected chi connectivity index (χ2v) is 7.75. The van der Waals surface area contributed by atoms with Crippen LogP contribution in [-0.4, -0.2) is 21.1 Å². The van der Waals surface area contributed by atoms with Gasteiger partial charge >= 0.3 is 0 Å². The van der Waals surface area contributed by atoms with E-state index in [1.165, 1.54) is 0 Å². The van der Waals surface area contributed by atoms with Gasteiger partial charge in [-0.2, -0.15) is 0 Å². The summed E-state index contributed by atoms with van der Waals surface area (Å²) in [7, 11) is 0. The lowest BCUT2D eigenvalue weighted by Gasteiger charge is -2.14. The molecule has 23 heavy (non-hydrogen) atoms. The normalized spacial score (nSPS) is 16.7. The third-order valence-electron chi connectivity index (χ3n) is 3.81. The first-order valence-electron chi connectivity index (χ1n) is 7.25. The number of fused-ring (bicyclic) bond motifs is 2. The molecule has 0 fully saturated rings. The van der Waals surface area contributed by atoms with E-state index in [0.29, 0.717) is 5.39 Å². The molecule has 2 aromatic carbocycles. The minimum absolute atomic E-state index is 0.0559. The Morgan fingerprint density at radius 2 is 2.00 bits per heavy atom. The molecular weight excluding hydrogens is 348 g/mol. The van der Waals surface area contributed by atoms with Gasteiger partial charge in [-0.15, -0.1) is 11.8 Å². The van der Waals surface area contributed by atoms with Crippen molar-refractivity contribution in [3.05, 3.63) is 63.9 Å². The van der Waals surface area contributed by atoms with Crippen molar-refractivity contribution in [2.75, 3.05) is 11.5 Å². The second kappa shape index (κ2) is 6.23. The van der Waals surface area contributed by atoms with E-state index in [9.17, 15) is 4.79 Å². The van der Waals surface area contributed by atoms with Gasteiger partial charge in [-0.25, -0.2) is 4.98 Å². The predicted molar refractivity (Wildman–Crippen MR) is 97.9 cm³/mol. The lowest BCUT2D eigenvalue weighted by atomic mass is 10.2. The van der Waals surface area contributed by atoms with Crippen LogP contribution in [0.15, 0.2) is 63.4 Å². The summed E-state index contributed by atoms with van der Waals surface area (Å²) in [5, 5.41) is 2.26. The third kappa shape index (κ3) is 2.77. The lowest BCUT2D eigenvalue weighted by Crippen LogP contribution is -2.25. The Morgan fingerprint density at radius 1 is 1.22 bits per heavy atom. The molecule has 1 aromatic heterocycles. The Labute approximate surface area is 147 Å². The first kappa shape index (κ1) is 15.1. The lowest BCUT2D eigenvalue weighted by molar-refractivity contribution is 0.558. The van der Waals surface area contributed by atoms with Crippen molar-refractivity contribution in [2.24, 2.45) is 0 Å². The molecule has 0 saturated heterocycles. The largest absolute Gasteiger partial charge is 0.282 e.